The van der Waals surface area contributed by atoms with E-state index >= 15 is 0 Å². The Morgan fingerprint density at radius 1 is 1.33 bits per heavy atom. The van der Waals surface area contributed by atoms with E-state index in [9.17, 15) is 4.79 Å². The summed E-state index contributed by atoms with van der Waals surface area (Å²) in [5, 5.41) is 6.36. The van der Waals surface area contributed by atoms with Crippen LogP contribution in [0.1, 0.15) is 33.9 Å². The van der Waals surface area contributed by atoms with Crippen molar-refractivity contribution in [2.75, 3.05) is 20.1 Å². The summed E-state index contributed by atoms with van der Waals surface area (Å²) >= 11 is 3.43. The van der Waals surface area contributed by atoms with Gasteiger partial charge in [-0.25, -0.2) is 4.98 Å². The molecule has 2 heterocycles. The molecule has 1 aromatic heterocycles. The van der Waals surface area contributed by atoms with Gasteiger partial charge in [0.25, 0.3) is 5.91 Å². The number of thioether (sulfide) groups is 1. The van der Waals surface area contributed by atoms with Crippen LogP contribution in [0.5, 0.6) is 0 Å². The minimum atomic E-state index is 0.0382. The highest BCUT2D eigenvalue weighted by Crippen LogP contribution is 2.24. The molecule has 0 saturated carbocycles. The van der Waals surface area contributed by atoms with Gasteiger partial charge in [0, 0.05) is 27.6 Å². The minimum Gasteiger partial charge on any atom is -0.349 e. The van der Waals surface area contributed by atoms with Crippen molar-refractivity contribution in [3.8, 4) is 0 Å². The number of carbonyl (C=O) groups excluding carboxylic acids is 1. The normalized spacial score (nSPS) is 16.2. The smallest absolute Gasteiger partial charge is 0.251 e. The number of piperidine rings is 1. The Kier molecular flexibility index (Phi) is 5.92. The Morgan fingerprint density at radius 3 is 2.67 bits per heavy atom. The molecular weight excluding hydrogens is 338 g/mol. The lowest BCUT2D eigenvalue weighted by molar-refractivity contribution is 0.0917. The van der Waals surface area contributed by atoms with Crippen molar-refractivity contribution in [2.45, 2.75) is 36.5 Å². The first kappa shape index (κ1) is 17.5. The van der Waals surface area contributed by atoms with E-state index in [1.807, 2.05) is 31.2 Å². The topological polar surface area (TPSA) is 45.2 Å². The molecule has 1 aromatic carbocycles. The summed E-state index contributed by atoms with van der Waals surface area (Å²) in [6.45, 7) is 4.13. The lowest BCUT2D eigenvalue weighted by Gasteiger charge is -2.29. The molecule has 0 radical (unpaired) electrons. The fraction of sp³-hybridized carbons (Fsp3) is 0.444. The molecule has 0 atom stereocenters. The lowest BCUT2D eigenvalue weighted by atomic mass is 10.0. The number of aryl methyl sites for hydroxylation is 1. The van der Waals surface area contributed by atoms with E-state index in [0.717, 1.165) is 52.8 Å². The molecule has 0 spiro atoms. The number of benzene rings is 1. The number of aromatic nitrogens is 1. The zero-order valence-electron chi connectivity index (χ0n) is 14.1. The summed E-state index contributed by atoms with van der Waals surface area (Å²) in [4.78, 5) is 20.3. The van der Waals surface area contributed by atoms with Gasteiger partial charge in [0.05, 0.1) is 10.7 Å². The Hall–Kier alpha value is -1.37. The molecule has 3 rings (SSSR count). The molecule has 0 unspecified atom stereocenters. The summed E-state index contributed by atoms with van der Waals surface area (Å²) < 4.78 is 0. The quantitative estimate of drug-likeness (QED) is 0.827. The van der Waals surface area contributed by atoms with E-state index in [4.69, 9.17) is 0 Å². The maximum atomic E-state index is 12.3. The number of amides is 1. The maximum Gasteiger partial charge on any atom is 0.251 e. The molecule has 1 aliphatic heterocycles. The third-order valence-electron chi connectivity index (χ3n) is 4.22. The number of thiazole rings is 1. The van der Waals surface area contributed by atoms with Crippen LogP contribution >= 0.6 is 23.1 Å². The van der Waals surface area contributed by atoms with Crippen molar-refractivity contribution in [1.82, 2.24) is 15.2 Å². The van der Waals surface area contributed by atoms with Crippen LogP contribution in [0.4, 0.5) is 0 Å². The summed E-state index contributed by atoms with van der Waals surface area (Å²) in [7, 11) is 2.13. The van der Waals surface area contributed by atoms with Crippen LogP contribution in [-0.4, -0.2) is 42.0 Å². The summed E-state index contributed by atoms with van der Waals surface area (Å²) in [6, 6.07) is 8.18. The maximum absolute atomic E-state index is 12.3. The van der Waals surface area contributed by atoms with E-state index in [-0.39, 0.29) is 5.91 Å². The molecule has 4 nitrogen and oxygen atoms in total. The van der Waals surface area contributed by atoms with Crippen molar-refractivity contribution < 1.29 is 4.79 Å². The number of nitrogens with one attached hydrogen (secondary N) is 1. The van der Waals surface area contributed by atoms with Crippen LogP contribution in [0.25, 0.3) is 0 Å². The minimum absolute atomic E-state index is 0.0382. The molecule has 0 aliphatic carbocycles. The monoisotopic (exact) mass is 361 g/mol. The van der Waals surface area contributed by atoms with E-state index in [0.29, 0.717) is 6.04 Å². The Labute approximate surface area is 151 Å². The number of carbonyl (C=O) groups is 1. The predicted octanol–water partition coefficient (Wildman–Crippen LogP) is 3.57. The Balaban J connectivity index is 1.51. The van der Waals surface area contributed by atoms with Crippen LogP contribution in [0, 0.1) is 6.92 Å². The number of rotatable bonds is 5. The van der Waals surface area contributed by atoms with Gasteiger partial charge in [0.15, 0.2) is 0 Å². The average molecular weight is 362 g/mol. The fourth-order valence-electron chi connectivity index (χ4n) is 2.76. The van der Waals surface area contributed by atoms with Crippen LogP contribution in [0.3, 0.4) is 0 Å². The largest absolute Gasteiger partial charge is 0.349 e. The molecule has 128 valence electrons. The number of nitrogens with zero attached hydrogens (tertiary/aromatic N) is 2. The van der Waals surface area contributed by atoms with Crippen molar-refractivity contribution in [3.05, 3.63) is 45.9 Å². The van der Waals surface area contributed by atoms with Crippen molar-refractivity contribution in [2.24, 2.45) is 0 Å². The average Bonchev–Trinajstić information content (AvgIpc) is 3.01. The molecule has 1 aliphatic rings. The number of hydrogen-bond donors (Lipinski definition) is 1. The lowest BCUT2D eigenvalue weighted by Crippen LogP contribution is -2.43. The van der Waals surface area contributed by atoms with Gasteiger partial charge in [-0.05, 0) is 64.2 Å². The third-order valence-corrected chi connectivity index (χ3v) is 6.09. The molecule has 1 saturated heterocycles. The van der Waals surface area contributed by atoms with E-state index < -0.39 is 0 Å². The molecular formula is C18H23N3OS2. The molecule has 1 amide bonds. The highest BCUT2D eigenvalue weighted by atomic mass is 32.2. The number of likely N-dealkylation sites (tertiary alicyclic amines) is 1. The SMILES string of the molecule is Cc1nc(CSc2ccc(C(=O)NC3CCN(C)CC3)cc2)cs1. The highest BCUT2D eigenvalue weighted by Gasteiger charge is 2.18. The van der Waals surface area contributed by atoms with Crippen molar-refractivity contribution >= 4 is 29.0 Å². The first-order valence-electron chi connectivity index (χ1n) is 8.23. The van der Waals surface area contributed by atoms with Gasteiger partial charge in [0.2, 0.25) is 0 Å². The summed E-state index contributed by atoms with van der Waals surface area (Å²) in [5.74, 6) is 0.905. The van der Waals surface area contributed by atoms with E-state index in [2.05, 4.69) is 27.6 Å². The second kappa shape index (κ2) is 8.14. The van der Waals surface area contributed by atoms with Crippen molar-refractivity contribution in [1.29, 1.82) is 0 Å². The summed E-state index contributed by atoms with van der Waals surface area (Å²) in [6.07, 6.45) is 2.06. The first-order valence-corrected chi connectivity index (χ1v) is 10.1. The van der Waals surface area contributed by atoms with Gasteiger partial charge < -0.3 is 10.2 Å². The van der Waals surface area contributed by atoms with Gasteiger partial charge in [-0.15, -0.1) is 23.1 Å². The molecule has 0 bridgehead atoms. The van der Waals surface area contributed by atoms with E-state index in [1.165, 1.54) is 0 Å². The fourth-order valence-corrected chi connectivity index (χ4v) is 4.27. The van der Waals surface area contributed by atoms with Gasteiger partial charge in [0.1, 0.15) is 0 Å². The number of hydrogen-bond acceptors (Lipinski definition) is 5. The Bertz CT molecular complexity index is 676. The van der Waals surface area contributed by atoms with Gasteiger partial charge in [-0.2, -0.15) is 0 Å². The van der Waals surface area contributed by atoms with Gasteiger partial charge >= 0.3 is 0 Å². The van der Waals surface area contributed by atoms with Crippen LogP contribution in [-0.2, 0) is 5.75 Å². The van der Waals surface area contributed by atoms with Crippen LogP contribution in [0.2, 0.25) is 0 Å². The zero-order chi connectivity index (χ0) is 16.9. The van der Waals surface area contributed by atoms with E-state index in [1.54, 1.807) is 23.1 Å². The first-order chi connectivity index (χ1) is 11.6. The molecule has 1 fully saturated rings. The van der Waals surface area contributed by atoms with Crippen LogP contribution in [0.15, 0.2) is 34.5 Å². The predicted molar refractivity (Wildman–Crippen MR) is 101 cm³/mol. The molecule has 1 N–H and O–H groups in total. The zero-order valence-corrected chi connectivity index (χ0v) is 15.8. The Morgan fingerprint density at radius 2 is 2.04 bits per heavy atom. The molecule has 24 heavy (non-hydrogen) atoms. The van der Waals surface area contributed by atoms with Gasteiger partial charge in [-0.1, -0.05) is 0 Å². The van der Waals surface area contributed by atoms with Gasteiger partial charge in [-0.3, -0.25) is 4.79 Å². The standard InChI is InChI=1S/C18H23N3OS2/c1-13-19-16(11-23-13)12-24-17-5-3-14(4-6-17)18(22)20-15-7-9-21(2)10-8-15/h3-6,11,15H,7-10,12H2,1-2H3,(H,20,22). The highest BCUT2D eigenvalue weighted by molar-refractivity contribution is 7.98. The third kappa shape index (κ3) is 4.82. The van der Waals surface area contributed by atoms with Crippen LogP contribution < -0.4 is 5.32 Å². The molecule has 6 heteroatoms. The summed E-state index contributed by atoms with van der Waals surface area (Å²) in [5.41, 5.74) is 1.86. The molecule has 2 aromatic rings. The second-order valence-corrected chi connectivity index (χ2v) is 8.33. The van der Waals surface area contributed by atoms with Crippen molar-refractivity contribution in [3.63, 3.8) is 0 Å². The second-order valence-electron chi connectivity index (χ2n) is 6.22.